The first kappa shape index (κ1) is 10.0. The Balaban J connectivity index is 2.76. The molecule has 0 atom stereocenters. The Morgan fingerprint density at radius 2 is 2.15 bits per heavy atom. The third-order valence-electron chi connectivity index (χ3n) is 2.38. The second-order valence-corrected chi connectivity index (χ2v) is 3.43. The standard InChI is InChI=1S/C11H17NO/c1-4-12(10(3)13)11-7-5-9(2)6-8-11/h5,7H,4,6,8H2,1-3H3. The number of amides is 1. The quantitative estimate of drug-likeness (QED) is 0.637. The van der Waals surface area contributed by atoms with Crippen molar-refractivity contribution < 1.29 is 4.79 Å². The smallest absolute Gasteiger partial charge is 0.223 e. The zero-order valence-electron chi connectivity index (χ0n) is 8.63. The van der Waals surface area contributed by atoms with E-state index in [0.29, 0.717) is 0 Å². The molecule has 1 aliphatic carbocycles. The van der Waals surface area contributed by atoms with E-state index in [1.54, 1.807) is 6.92 Å². The largest absolute Gasteiger partial charge is 0.317 e. The van der Waals surface area contributed by atoms with Crippen molar-refractivity contribution >= 4 is 5.91 Å². The van der Waals surface area contributed by atoms with E-state index in [-0.39, 0.29) is 5.91 Å². The molecule has 0 bridgehead atoms. The van der Waals surface area contributed by atoms with Crippen molar-refractivity contribution in [1.82, 2.24) is 4.90 Å². The van der Waals surface area contributed by atoms with E-state index in [2.05, 4.69) is 19.1 Å². The fraction of sp³-hybridized carbons (Fsp3) is 0.545. The molecule has 0 heterocycles. The van der Waals surface area contributed by atoms with Crippen LogP contribution in [0.5, 0.6) is 0 Å². The van der Waals surface area contributed by atoms with Crippen LogP contribution in [0.3, 0.4) is 0 Å². The van der Waals surface area contributed by atoms with Gasteiger partial charge in [0.2, 0.25) is 5.91 Å². The summed E-state index contributed by atoms with van der Waals surface area (Å²) >= 11 is 0. The van der Waals surface area contributed by atoms with Gasteiger partial charge in [-0.25, -0.2) is 0 Å². The lowest BCUT2D eigenvalue weighted by molar-refractivity contribution is -0.126. The van der Waals surface area contributed by atoms with E-state index >= 15 is 0 Å². The monoisotopic (exact) mass is 179 g/mol. The number of carbonyl (C=O) groups excluding carboxylic acids is 1. The molecule has 1 amide bonds. The Hall–Kier alpha value is -1.05. The molecule has 2 heteroatoms. The van der Waals surface area contributed by atoms with E-state index in [9.17, 15) is 4.79 Å². The predicted molar refractivity (Wildman–Crippen MR) is 54.1 cm³/mol. The first-order chi connectivity index (χ1) is 6.15. The van der Waals surface area contributed by atoms with Gasteiger partial charge >= 0.3 is 0 Å². The molecule has 0 saturated heterocycles. The Bertz CT molecular complexity index is 263. The summed E-state index contributed by atoms with van der Waals surface area (Å²) in [6, 6.07) is 0. The molecule has 0 N–H and O–H groups in total. The van der Waals surface area contributed by atoms with Crippen LogP contribution in [0.2, 0.25) is 0 Å². The minimum atomic E-state index is 0.140. The maximum absolute atomic E-state index is 11.2. The average molecular weight is 179 g/mol. The zero-order chi connectivity index (χ0) is 9.84. The second kappa shape index (κ2) is 4.26. The maximum atomic E-state index is 11.2. The summed E-state index contributed by atoms with van der Waals surface area (Å²) in [5.74, 6) is 0.140. The van der Waals surface area contributed by atoms with Crippen molar-refractivity contribution in [3.05, 3.63) is 23.4 Å². The molecule has 0 aromatic heterocycles. The van der Waals surface area contributed by atoms with E-state index in [4.69, 9.17) is 0 Å². The number of hydrogen-bond acceptors (Lipinski definition) is 1. The van der Waals surface area contributed by atoms with Crippen molar-refractivity contribution in [2.75, 3.05) is 6.54 Å². The van der Waals surface area contributed by atoms with Crippen LogP contribution < -0.4 is 0 Å². The molecule has 13 heavy (non-hydrogen) atoms. The van der Waals surface area contributed by atoms with Crippen LogP contribution in [0.25, 0.3) is 0 Å². The molecule has 1 aliphatic rings. The maximum Gasteiger partial charge on any atom is 0.223 e. The molecule has 72 valence electrons. The van der Waals surface area contributed by atoms with Gasteiger partial charge in [-0.1, -0.05) is 11.6 Å². The number of carbonyl (C=O) groups is 1. The molecule has 0 fully saturated rings. The number of nitrogens with zero attached hydrogens (tertiary/aromatic N) is 1. The Kier molecular flexibility index (Phi) is 3.29. The van der Waals surface area contributed by atoms with Crippen LogP contribution in [0, 0.1) is 0 Å². The van der Waals surface area contributed by atoms with Gasteiger partial charge < -0.3 is 4.90 Å². The summed E-state index contributed by atoms with van der Waals surface area (Å²) in [6.45, 7) is 6.52. The summed E-state index contributed by atoms with van der Waals surface area (Å²) < 4.78 is 0. The highest BCUT2D eigenvalue weighted by Crippen LogP contribution is 2.20. The minimum Gasteiger partial charge on any atom is -0.317 e. The molecule has 0 aromatic rings. The van der Waals surface area contributed by atoms with Gasteiger partial charge in [-0.05, 0) is 32.8 Å². The molecule has 0 radical (unpaired) electrons. The van der Waals surface area contributed by atoms with Crippen LogP contribution in [0.4, 0.5) is 0 Å². The van der Waals surface area contributed by atoms with Crippen molar-refractivity contribution in [2.24, 2.45) is 0 Å². The predicted octanol–water partition coefficient (Wildman–Crippen LogP) is 2.48. The molecule has 0 saturated carbocycles. The first-order valence-corrected chi connectivity index (χ1v) is 4.79. The van der Waals surface area contributed by atoms with Crippen molar-refractivity contribution in [1.29, 1.82) is 0 Å². The van der Waals surface area contributed by atoms with Gasteiger partial charge in [-0.3, -0.25) is 4.79 Å². The van der Waals surface area contributed by atoms with Crippen LogP contribution in [-0.4, -0.2) is 17.4 Å². The highest BCUT2D eigenvalue weighted by atomic mass is 16.2. The lowest BCUT2D eigenvalue weighted by Gasteiger charge is -2.24. The van der Waals surface area contributed by atoms with Gasteiger partial charge in [0.15, 0.2) is 0 Å². The molecule has 0 unspecified atom stereocenters. The van der Waals surface area contributed by atoms with E-state index in [1.165, 1.54) is 5.57 Å². The van der Waals surface area contributed by atoms with Crippen LogP contribution in [-0.2, 0) is 4.79 Å². The molecule has 0 spiro atoms. The molecule has 1 rings (SSSR count). The van der Waals surface area contributed by atoms with Gasteiger partial charge in [0.1, 0.15) is 0 Å². The Labute approximate surface area is 79.9 Å². The van der Waals surface area contributed by atoms with Crippen molar-refractivity contribution in [3.63, 3.8) is 0 Å². The summed E-state index contributed by atoms with van der Waals surface area (Å²) in [4.78, 5) is 13.1. The SMILES string of the molecule is CCN(C(C)=O)C1=CC=C(C)CC1. The van der Waals surface area contributed by atoms with E-state index in [0.717, 1.165) is 25.1 Å². The summed E-state index contributed by atoms with van der Waals surface area (Å²) in [6.07, 6.45) is 6.24. The normalized spacial score (nSPS) is 16.2. The number of hydrogen-bond donors (Lipinski definition) is 0. The molecular weight excluding hydrogens is 162 g/mol. The van der Waals surface area contributed by atoms with Crippen molar-refractivity contribution in [3.8, 4) is 0 Å². The van der Waals surface area contributed by atoms with Crippen molar-refractivity contribution in [2.45, 2.75) is 33.6 Å². The lowest BCUT2D eigenvalue weighted by Crippen LogP contribution is -2.28. The first-order valence-electron chi connectivity index (χ1n) is 4.79. The third kappa shape index (κ3) is 2.44. The second-order valence-electron chi connectivity index (χ2n) is 3.43. The van der Waals surface area contributed by atoms with E-state index in [1.807, 2.05) is 11.8 Å². The van der Waals surface area contributed by atoms with Gasteiger partial charge in [-0.15, -0.1) is 0 Å². The molecule has 0 aliphatic heterocycles. The van der Waals surface area contributed by atoms with E-state index < -0.39 is 0 Å². The molecular formula is C11H17NO. The average Bonchev–Trinajstić information content (AvgIpc) is 2.09. The fourth-order valence-electron chi connectivity index (χ4n) is 1.58. The summed E-state index contributed by atoms with van der Waals surface area (Å²) in [7, 11) is 0. The number of rotatable bonds is 2. The van der Waals surface area contributed by atoms with Crippen LogP contribution in [0.1, 0.15) is 33.6 Å². The number of allylic oxidation sites excluding steroid dienone is 4. The highest BCUT2D eigenvalue weighted by molar-refractivity contribution is 5.75. The van der Waals surface area contributed by atoms with Crippen LogP contribution >= 0.6 is 0 Å². The molecule has 0 aromatic carbocycles. The molecule has 2 nitrogen and oxygen atoms in total. The minimum absolute atomic E-state index is 0.140. The zero-order valence-corrected chi connectivity index (χ0v) is 8.63. The van der Waals surface area contributed by atoms with Gasteiger partial charge in [-0.2, -0.15) is 0 Å². The highest BCUT2D eigenvalue weighted by Gasteiger charge is 2.13. The van der Waals surface area contributed by atoms with Gasteiger partial charge in [0.05, 0.1) is 0 Å². The van der Waals surface area contributed by atoms with Gasteiger partial charge in [0, 0.05) is 19.2 Å². The Morgan fingerprint density at radius 1 is 1.46 bits per heavy atom. The topological polar surface area (TPSA) is 20.3 Å². The van der Waals surface area contributed by atoms with Crippen LogP contribution in [0.15, 0.2) is 23.4 Å². The Morgan fingerprint density at radius 3 is 2.54 bits per heavy atom. The summed E-state index contributed by atoms with van der Waals surface area (Å²) in [5.41, 5.74) is 2.55. The van der Waals surface area contributed by atoms with Gasteiger partial charge in [0.25, 0.3) is 0 Å². The lowest BCUT2D eigenvalue weighted by atomic mass is 10.0. The fourth-order valence-corrected chi connectivity index (χ4v) is 1.58. The summed E-state index contributed by atoms with van der Waals surface area (Å²) in [5, 5.41) is 0. The third-order valence-corrected chi connectivity index (χ3v) is 2.38.